The number of hydrazone groups is 1. The first-order chi connectivity index (χ1) is 7.16. The van der Waals surface area contributed by atoms with Gasteiger partial charge in [-0.1, -0.05) is 12.2 Å². The van der Waals surface area contributed by atoms with Crippen LogP contribution in [-0.4, -0.2) is 16.9 Å². The molecule has 2 aliphatic rings. The Kier molecular flexibility index (Phi) is 3.05. The highest BCUT2D eigenvalue weighted by Crippen LogP contribution is 2.39. The van der Waals surface area contributed by atoms with E-state index in [2.05, 4.69) is 41.8 Å². The normalized spacial score (nSPS) is 30.2. The number of allylic oxidation sites excluding steroid dienone is 2. The summed E-state index contributed by atoms with van der Waals surface area (Å²) in [5.74, 6) is 1.40. The van der Waals surface area contributed by atoms with Gasteiger partial charge in [-0.15, -0.1) is 0 Å². The molecule has 2 rings (SSSR count). The Balaban J connectivity index is 1.78. The lowest BCUT2D eigenvalue weighted by molar-refractivity contribution is 0.463. The minimum Gasteiger partial charge on any atom is -0.359 e. The van der Waals surface area contributed by atoms with Crippen LogP contribution in [0.4, 0.5) is 0 Å². The third kappa shape index (κ3) is 2.37. The summed E-state index contributed by atoms with van der Waals surface area (Å²) < 4.78 is 0. The fourth-order valence-electron chi connectivity index (χ4n) is 2.08. The lowest BCUT2D eigenvalue weighted by Crippen LogP contribution is -2.40. The summed E-state index contributed by atoms with van der Waals surface area (Å²) in [6.45, 7) is 4.11. The van der Waals surface area contributed by atoms with Gasteiger partial charge in [-0.25, -0.2) is 0 Å². The van der Waals surface area contributed by atoms with Crippen molar-refractivity contribution in [3.05, 3.63) is 12.2 Å². The quantitative estimate of drug-likeness (QED) is 0.426. The average Bonchev–Trinajstić information content (AvgIpc) is 2.46. The smallest absolute Gasteiger partial charge is 0.187 e. The Labute approximate surface area is 96.0 Å². The average molecular weight is 223 g/mol. The SMILES string of the molecule is CC(C)NC(=S)N/N=C1/C[C@@H]2C=CC[C@H]12. The molecule has 0 aliphatic heterocycles. The van der Waals surface area contributed by atoms with E-state index < -0.39 is 0 Å². The van der Waals surface area contributed by atoms with Crippen LogP contribution < -0.4 is 10.7 Å². The Morgan fingerprint density at radius 2 is 2.40 bits per heavy atom. The third-order valence-corrected chi connectivity index (χ3v) is 3.09. The van der Waals surface area contributed by atoms with Gasteiger partial charge in [0.1, 0.15) is 0 Å². The lowest BCUT2D eigenvalue weighted by Gasteiger charge is -2.32. The molecule has 2 aliphatic carbocycles. The molecule has 82 valence electrons. The molecule has 1 saturated carbocycles. The van der Waals surface area contributed by atoms with Crippen molar-refractivity contribution in [2.75, 3.05) is 0 Å². The molecule has 4 heteroatoms. The molecule has 0 radical (unpaired) electrons. The highest BCUT2D eigenvalue weighted by atomic mass is 32.1. The van der Waals surface area contributed by atoms with Crippen molar-refractivity contribution >= 4 is 23.0 Å². The fraction of sp³-hybridized carbons (Fsp3) is 0.636. The van der Waals surface area contributed by atoms with Crippen molar-refractivity contribution in [1.29, 1.82) is 0 Å². The molecule has 0 amide bonds. The molecule has 15 heavy (non-hydrogen) atoms. The topological polar surface area (TPSA) is 36.4 Å². The molecule has 0 saturated heterocycles. The van der Waals surface area contributed by atoms with Crippen LogP contribution in [0, 0.1) is 11.8 Å². The summed E-state index contributed by atoms with van der Waals surface area (Å²) in [6.07, 6.45) is 6.80. The first kappa shape index (κ1) is 10.6. The molecule has 0 bridgehead atoms. The van der Waals surface area contributed by atoms with Gasteiger partial charge >= 0.3 is 0 Å². The Hall–Kier alpha value is -0.900. The van der Waals surface area contributed by atoms with Crippen molar-refractivity contribution in [1.82, 2.24) is 10.7 Å². The van der Waals surface area contributed by atoms with Gasteiger partial charge in [-0.3, -0.25) is 5.43 Å². The van der Waals surface area contributed by atoms with Gasteiger partial charge in [0.2, 0.25) is 0 Å². The number of nitrogens with zero attached hydrogens (tertiary/aromatic N) is 1. The van der Waals surface area contributed by atoms with Crippen molar-refractivity contribution in [2.24, 2.45) is 16.9 Å². The standard InChI is InChI=1S/C11H17N3S/c1-7(2)12-11(15)14-13-10-6-8-4-3-5-9(8)10/h3-4,7-9H,5-6H2,1-2H3,(H2,12,14,15)/b13-10-/t8-,9-/m0/s1. The van der Waals surface area contributed by atoms with Crippen LogP contribution in [0.2, 0.25) is 0 Å². The highest BCUT2D eigenvalue weighted by molar-refractivity contribution is 7.80. The fourth-order valence-corrected chi connectivity index (χ4v) is 2.36. The van der Waals surface area contributed by atoms with E-state index in [0.717, 1.165) is 18.8 Å². The van der Waals surface area contributed by atoms with Crippen LogP contribution in [0.25, 0.3) is 0 Å². The van der Waals surface area contributed by atoms with Crippen LogP contribution in [0.5, 0.6) is 0 Å². The van der Waals surface area contributed by atoms with Crippen LogP contribution in [-0.2, 0) is 0 Å². The summed E-state index contributed by atoms with van der Waals surface area (Å²) in [6, 6.07) is 0.354. The van der Waals surface area contributed by atoms with Crippen LogP contribution in [0.15, 0.2) is 17.3 Å². The van der Waals surface area contributed by atoms with E-state index >= 15 is 0 Å². The summed E-state index contributed by atoms with van der Waals surface area (Å²) in [5.41, 5.74) is 4.17. The number of hydrogen-bond donors (Lipinski definition) is 2. The van der Waals surface area contributed by atoms with E-state index in [1.165, 1.54) is 5.71 Å². The number of thiocarbonyl (C=S) groups is 1. The maximum absolute atomic E-state index is 5.10. The first-order valence-corrected chi connectivity index (χ1v) is 5.87. The molecule has 2 atom stereocenters. The molecule has 0 spiro atoms. The molecular weight excluding hydrogens is 206 g/mol. The zero-order valence-corrected chi connectivity index (χ0v) is 9.97. The molecule has 2 N–H and O–H groups in total. The van der Waals surface area contributed by atoms with Gasteiger partial charge in [-0.05, 0) is 44.8 Å². The van der Waals surface area contributed by atoms with Gasteiger partial charge in [0.25, 0.3) is 0 Å². The Bertz CT molecular complexity index is 320. The Morgan fingerprint density at radius 3 is 3.07 bits per heavy atom. The van der Waals surface area contributed by atoms with Gasteiger partial charge < -0.3 is 5.32 Å². The second kappa shape index (κ2) is 4.31. The Morgan fingerprint density at radius 1 is 1.60 bits per heavy atom. The van der Waals surface area contributed by atoms with Gasteiger partial charge in [0.15, 0.2) is 5.11 Å². The van der Waals surface area contributed by atoms with Gasteiger partial charge in [0.05, 0.1) is 0 Å². The summed E-state index contributed by atoms with van der Waals surface area (Å²) in [7, 11) is 0. The van der Waals surface area contributed by atoms with E-state index in [4.69, 9.17) is 12.2 Å². The minimum atomic E-state index is 0.354. The predicted molar refractivity (Wildman–Crippen MR) is 66.8 cm³/mol. The minimum absolute atomic E-state index is 0.354. The molecule has 0 aromatic carbocycles. The second-order valence-corrected chi connectivity index (χ2v) is 4.89. The molecule has 0 unspecified atom stereocenters. The van der Waals surface area contributed by atoms with E-state index in [9.17, 15) is 0 Å². The van der Waals surface area contributed by atoms with Gasteiger partial charge in [0, 0.05) is 17.7 Å². The summed E-state index contributed by atoms with van der Waals surface area (Å²) in [4.78, 5) is 0. The molecule has 0 aromatic heterocycles. The number of fused-ring (bicyclic) bond motifs is 1. The number of hydrogen-bond acceptors (Lipinski definition) is 2. The largest absolute Gasteiger partial charge is 0.359 e. The molecule has 1 fully saturated rings. The summed E-state index contributed by atoms with van der Waals surface area (Å²) >= 11 is 5.10. The summed E-state index contributed by atoms with van der Waals surface area (Å²) in [5, 5.41) is 8.07. The monoisotopic (exact) mass is 223 g/mol. The van der Waals surface area contributed by atoms with E-state index in [0.29, 0.717) is 17.1 Å². The molecular formula is C11H17N3S. The number of rotatable bonds is 2. The van der Waals surface area contributed by atoms with E-state index in [1.54, 1.807) is 0 Å². The predicted octanol–water partition coefficient (Wildman–Crippen LogP) is 1.81. The molecule has 0 aromatic rings. The lowest BCUT2D eigenvalue weighted by atomic mass is 9.74. The number of nitrogens with one attached hydrogen (secondary N) is 2. The zero-order chi connectivity index (χ0) is 10.8. The van der Waals surface area contributed by atoms with E-state index in [1.807, 2.05) is 0 Å². The van der Waals surface area contributed by atoms with Crippen molar-refractivity contribution < 1.29 is 0 Å². The highest BCUT2D eigenvalue weighted by Gasteiger charge is 2.37. The van der Waals surface area contributed by atoms with Crippen LogP contribution in [0.1, 0.15) is 26.7 Å². The van der Waals surface area contributed by atoms with Crippen LogP contribution in [0.3, 0.4) is 0 Å². The maximum Gasteiger partial charge on any atom is 0.187 e. The first-order valence-electron chi connectivity index (χ1n) is 5.46. The molecule has 0 heterocycles. The van der Waals surface area contributed by atoms with Crippen molar-refractivity contribution in [3.8, 4) is 0 Å². The van der Waals surface area contributed by atoms with Crippen molar-refractivity contribution in [2.45, 2.75) is 32.7 Å². The van der Waals surface area contributed by atoms with E-state index in [-0.39, 0.29) is 0 Å². The van der Waals surface area contributed by atoms with Gasteiger partial charge in [-0.2, -0.15) is 5.10 Å². The second-order valence-electron chi connectivity index (χ2n) is 4.48. The maximum atomic E-state index is 5.10. The van der Waals surface area contributed by atoms with Crippen molar-refractivity contribution in [3.63, 3.8) is 0 Å². The molecule has 3 nitrogen and oxygen atoms in total. The third-order valence-electron chi connectivity index (χ3n) is 2.88. The van der Waals surface area contributed by atoms with Crippen LogP contribution >= 0.6 is 12.2 Å². The zero-order valence-electron chi connectivity index (χ0n) is 9.16.